The van der Waals surface area contributed by atoms with Gasteiger partial charge in [0.1, 0.15) is 34.7 Å². The number of amides is 1. The van der Waals surface area contributed by atoms with Crippen molar-refractivity contribution in [2.45, 2.75) is 32.9 Å². The van der Waals surface area contributed by atoms with Gasteiger partial charge >= 0.3 is 5.97 Å². The van der Waals surface area contributed by atoms with Gasteiger partial charge in [-0.3, -0.25) is 24.0 Å². The second-order valence-corrected chi connectivity index (χ2v) is 10.4. The fraction of sp³-hybridized carbons (Fsp3) is 0.219. The number of aliphatic carboxylic acids is 1. The molecule has 2 atom stereocenters. The number of methoxy groups -OCH3 is 1. The van der Waals surface area contributed by atoms with Crippen molar-refractivity contribution in [2.24, 2.45) is 11.7 Å². The van der Waals surface area contributed by atoms with Crippen molar-refractivity contribution in [3.8, 4) is 22.9 Å². The van der Waals surface area contributed by atoms with Gasteiger partial charge in [-0.25, -0.2) is 9.67 Å². The Morgan fingerprint density at radius 2 is 1.80 bits per heavy atom. The van der Waals surface area contributed by atoms with Crippen LogP contribution in [0.5, 0.6) is 17.2 Å². The van der Waals surface area contributed by atoms with Crippen LogP contribution in [-0.4, -0.2) is 49.5 Å². The summed E-state index contributed by atoms with van der Waals surface area (Å²) < 4.78 is 14.4. The number of pyridine rings is 2. The predicted molar refractivity (Wildman–Crippen MR) is 165 cm³/mol. The van der Waals surface area contributed by atoms with Crippen molar-refractivity contribution >= 4 is 28.6 Å². The van der Waals surface area contributed by atoms with E-state index >= 15 is 0 Å². The first-order valence-electron chi connectivity index (χ1n) is 13.9. The lowest BCUT2D eigenvalue weighted by molar-refractivity contribution is -0.138. The van der Waals surface area contributed by atoms with Gasteiger partial charge in [0.25, 0.3) is 11.5 Å². The molecule has 0 saturated heterocycles. The van der Waals surface area contributed by atoms with Crippen LogP contribution >= 0.6 is 0 Å². The van der Waals surface area contributed by atoms with Gasteiger partial charge in [-0.1, -0.05) is 25.1 Å². The van der Waals surface area contributed by atoms with E-state index < -0.39 is 23.5 Å². The minimum Gasteiger partial charge on any atom is -0.497 e. The number of carboxylic acids is 1. The van der Waals surface area contributed by atoms with E-state index in [0.717, 1.165) is 5.39 Å². The Bertz CT molecular complexity index is 1870. The lowest BCUT2D eigenvalue weighted by atomic mass is 10.0. The van der Waals surface area contributed by atoms with Crippen LogP contribution in [0.1, 0.15) is 29.4 Å². The fourth-order valence-electron chi connectivity index (χ4n) is 5.00. The van der Waals surface area contributed by atoms with Gasteiger partial charge in [0, 0.05) is 24.2 Å². The molecule has 0 saturated carbocycles. The highest BCUT2D eigenvalue weighted by Crippen LogP contribution is 2.31. The highest BCUT2D eigenvalue weighted by molar-refractivity contribution is 6.04. The van der Waals surface area contributed by atoms with Crippen LogP contribution < -0.4 is 26.1 Å². The number of hydrogen-bond donors (Lipinski definition) is 3. The monoisotopic (exact) mass is 596 g/mol. The lowest BCUT2D eigenvalue weighted by Crippen LogP contribution is -2.33. The van der Waals surface area contributed by atoms with Gasteiger partial charge in [0.05, 0.1) is 30.2 Å². The number of ether oxygens (including phenoxy) is 2. The molecule has 2 aromatic carbocycles. The van der Waals surface area contributed by atoms with Gasteiger partial charge in [-0.05, 0) is 61.7 Å². The number of rotatable bonds is 11. The molecule has 3 heterocycles. The summed E-state index contributed by atoms with van der Waals surface area (Å²) in [5.74, 6) is 0.00152. The summed E-state index contributed by atoms with van der Waals surface area (Å²) in [5.41, 5.74) is 6.89. The Morgan fingerprint density at radius 3 is 2.48 bits per heavy atom. The molecular formula is C32H32N6O6. The first-order valence-corrected chi connectivity index (χ1v) is 13.9. The maximum atomic E-state index is 13.7. The van der Waals surface area contributed by atoms with Gasteiger partial charge in [0.2, 0.25) is 0 Å². The molecule has 44 heavy (non-hydrogen) atoms. The molecule has 1 amide bonds. The van der Waals surface area contributed by atoms with Crippen LogP contribution in [0.2, 0.25) is 0 Å². The molecule has 0 aliphatic rings. The number of carbonyl (C=O) groups is 2. The first-order chi connectivity index (χ1) is 21.2. The molecular weight excluding hydrogens is 564 g/mol. The quantitative estimate of drug-likeness (QED) is 0.201. The molecule has 12 nitrogen and oxygen atoms in total. The number of carboxylic acid groups (broad SMARTS) is 1. The summed E-state index contributed by atoms with van der Waals surface area (Å²) in [6.07, 6.45) is 3.30. The SMILES string of the molecule is COc1ccc2c(Oc3ccc(NC(=O)c4c(C)n(C[C@H](C)CC(N)C(=O)O)n(-c5ccccc5)c4=O)nc3)ccnc2c1. The summed E-state index contributed by atoms with van der Waals surface area (Å²) in [6.45, 7) is 3.80. The number of nitrogens with two attached hydrogens (primary N) is 1. The molecule has 0 radical (unpaired) electrons. The predicted octanol–water partition coefficient (Wildman–Crippen LogP) is 4.38. The number of aromatic nitrogens is 4. The topological polar surface area (TPSA) is 164 Å². The lowest BCUT2D eigenvalue weighted by Gasteiger charge is -2.19. The van der Waals surface area contributed by atoms with Gasteiger partial charge in [-0.2, -0.15) is 0 Å². The number of anilines is 1. The molecule has 5 aromatic rings. The van der Waals surface area contributed by atoms with E-state index in [1.807, 2.05) is 31.2 Å². The van der Waals surface area contributed by atoms with E-state index in [2.05, 4.69) is 15.3 Å². The summed E-state index contributed by atoms with van der Waals surface area (Å²) in [5, 5.41) is 12.7. The number of carbonyl (C=O) groups excluding carboxylic acids is 1. The van der Waals surface area contributed by atoms with Crippen molar-refractivity contribution < 1.29 is 24.2 Å². The van der Waals surface area contributed by atoms with E-state index in [1.165, 1.54) is 10.9 Å². The van der Waals surface area contributed by atoms with E-state index in [4.69, 9.17) is 15.2 Å². The Morgan fingerprint density at radius 1 is 1.05 bits per heavy atom. The normalized spacial score (nSPS) is 12.5. The molecule has 5 rings (SSSR count). The summed E-state index contributed by atoms with van der Waals surface area (Å²) in [4.78, 5) is 47.1. The van der Waals surface area contributed by atoms with Crippen LogP contribution in [-0.2, 0) is 11.3 Å². The Labute approximate surface area is 252 Å². The summed E-state index contributed by atoms with van der Waals surface area (Å²) in [7, 11) is 1.59. The third kappa shape index (κ3) is 6.30. The van der Waals surface area contributed by atoms with E-state index in [0.29, 0.717) is 34.1 Å². The maximum absolute atomic E-state index is 13.7. The van der Waals surface area contributed by atoms with Crippen molar-refractivity contribution in [1.82, 2.24) is 19.3 Å². The summed E-state index contributed by atoms with van der Waals surface area (Å²) >= 11 is 0. The number of nitrogens with zero attached hydrogens (tertiary/aromatic N) is 4. The average Bonchev–Trinajstić information content (AvgIpc) is 3.26. The van der Waals surface area contributed by atoms with Gasteiger partial charge in [-0.15, -0.1) is 0 Å². The molecule has 3 aromatic heterocycles. The second-order valence-electron chi connectivity index (χ2n) is 10.4. The molecule has 0 fully saturated rings. The average molecular weight is 597 g/mol. The van der Waals surface area contributed by atoms with E-state index in [1.54, 1.807) is 67.4 Å². The third-order valence-electron chi connectivity index (χ3n) is 7.20. The summed E-state index contributed by atoms with van der Waals surface area (Å²) in [6, 6.07) is 18.3. The minimum absolute atomic E-state index is 0.0515. The van der Waals surface area contributed by atoms with Gasteiger partial charge < -0.3 is 25.6 Å². The number of fused-ring (bicyclic) bond motifs is 1. The number of nitrogens with one attached hydrogen (secondary N) is 1. The van der Waals surface area contributed by atoms with Crippen molar-refractivity contribution in [3.05, 3.63) is 101 Å². The van der Waals surface area contributed by atoms with Crippen LogP contribution in [0.15, 0.2) is 83.9 Å². The maximum Gasteiger partial charge on any atom is 0.320 e. The Hall–Kier alpha value is -5.49. The zero-order valence-electron chi connectivity index (χ0n) is 24.4. The molecule has 1 unspecified atom stereocenters. The molecule has 0 aliphatic heterocycles. The Kier molecular flexibility index (Phi) is 8.72. The first kappa shape index (κ1) is 30.0. The largest absolute Gasteiger partial charge is 0.497 e. The number of hydrogen-bond acceptors (Lipinski definition) is 8. The van der Waals surface area contributed by atoms with E-state index in [-0.39, 0.29) is 30.3 Å². The van der Waals surface area contributed by atoms with Crippen molar-refractivity contribution in [3.63, 3.8) is 0 Å². The molecule has 0 spiro atoms. The number of para-hydroxylation sites is 1. The zero-order chi connectivity index (χ0) is 31.4. The third-order valence-corrected chi connectivity index (χ3v) is 7.20. The van der Waals surface area contributed by atoms with Gasteiger partial charge in [0.15, 0.2) is 0 Å². The van der Waals surface area contributed by atoms with Crippen molar-refractivity contribution in [1.29, 1.82) is 0 Å². The molecule has 12 heteroatoms. The minimum atomic E-state index is -1.10. The highest BCUT2D eigenvalue weighted by Gasteiger charge is 2.26. The van der Waals surface area contributed by atoms with E-state index in [9.17, 15) is 19.5 Å². The zero-order valence-corrected chi connectivity index (χ0v) is 24.4. The standard InChI is InChI=1S/C32H32N6O6/c1-19(15-25(33)32(41)42)18-37-20(2)29(31(40)38(37)21-7-5-4-6-8-21)30(39)36-28-12-10-23(17-35-28)44-27-13-14-34-26-16-22(43-3)9-11-24(26)27/h4-14,16-17,19,25H,15,18,33H2,1-3H3,(H,41,42)(H,35,36,39)/t19-,25?/m1/s1. The fourth-order valence-corrected chi connectivity index (χ4v) is 5.00. The van der Waals surface area contributed by atoms with Crippen LogP contribution in [0.4, 0.5) is 5.82 Å². The molecule has 0 aliphatic carbocycles. The Balaban J connectivity index is 1.38. The van der Waals surface area contributed by atoms with Crippen LogP contribution in [0.25, 0.3) is 16.6 Å². The number of benzene rings is 2. The molecule has 226 valence electrons. The molecule has 4 N–H and O–H groups in total. The molecule has 0 bridgehead atoms. The second kappa shape index (κ2) is 12.8. The smallest absolute Gasteiger partial charge is 0.320 e. The van der Waals surface area contributed by atoms with Crippen molar-refractivity contribution in [2.75, 3.05) is 12.4 Å². The van der Waals surface area contributed by atoms with Crippen LogP contribution in [0, 0.1) is 12.8 Å². The van der Waals surface area contributed by atoms with Crippen LogP contribution in [0.3, 0.4) is 0 Å². The highest BCUT2D eigenvalue weighted by atomic mass is 16.5.